The Hall–Kier alpha value is 0.215. The van der Waals surface area contributed by atoms with Crippen molar-refractivity contribution in [2.75, 3.05) is 13.0 Å². The van der Waals surface area contributed by atoms with Crippen LogP contribution in [0.15, 0.2) is 0 Å². The van der Waals surface area contributed by atoms with Crippen LogP contribution in [0, 0.1) is 0 Å². The van der Waals surface area contributed by atoms with Gasteiger partial charge in [0.25, 0.3) is 0 Å². The largest absolute Gasteiger partial charge is 0.378 e. The molecule has 3 nitrogen and oxygen atoms in total. The van der Waals surface area contributed by atoms with E-state index in [1.54, 1.807) is 0 Å². The van der Waals surface area contributed by atoms with E-state index in [2.05, 4.69) is 0 Å². The second-order valence-electron chi connectivity index (χ2n) is 2.29. The molecule has 0 amide bonds. The van der Waals surface area contributed by atoms with Crippen LogP contribution in [-0.4, -0.2) is 31.8 Å². The first-order chi connectivity index (χ1) is 4.45. The molecule has 0 rings (SSSR count). The van der Waals surface area contributed by atoms with Gasteiger partial charge in [-0.3, -0.25) is 4.57 Å². The van der Waals surface area contributed by atoms with Crippen LogP contribution in [0.25, 0.3) is 0 Å². The maximum absolute atomic E-state index is 10.6. The summed E-state index contributed by atoms with van der Waals surface area (Å²) in [6, 6.07) is -0.416. The zero-order valence-corrected chi connectivity index (χ0v) is 7.17. The molecule has 0 aromatic rings. The quantitative estimate of drug-likeness (QED) is 0.490. The van der Waals surface area contributed by atoms with E-state index in [0.717, 1.165) is 0 Å². The second-order valence-corrected chi connectivity index (χ2v) is 4.65. The molecule has 1 N–H and O–H groups in total. The summed E-state index contributed by atoms with van der Waals surface area (Å²) in [7, 11) is 2.29. The monoisotopic (exact) mass is 162 g/mol. The molecule has 2 atom stereocenters. The Morgan fingerprint density at radius 3 is 2.60 bits per heavy atom. The lowest BCUT2D eigenvalue weighted by Gasteiger charge is -2.11. The summed E-state index contributed by atoms with van der Waals surface area (Å²) in [4.78, 5) is 8.74. The Morgan fingerprint density at radius 2 is 2.30 bits per heavy atom. The zero-order valence-electron chi connectivity index (χ0n) is 6.28. The van der Waals surface area contributed by atoms with Crippen molar-refractivity contribution in [2.45, 2.75) is 19.3 Å². The van der Waals surface area contributed by atoms with Gasteiger partial charge in [0.1, 0.15) is 14.2 Å². The van der Waals surface area contributed by atoms with E-state index in [0.29, 0.717) is 6.42 Å². The molecule has 0 aromatic carbocycles. The van der Waals surface area contributed by atoms with Gasteiger partial charge in [0.2, 0.25) is 7.37 Å². The fraction of sp³-hybridized carbons (Fsp3) is 1.00. The second kappa shape index (κ2) is 4.17. The Labute approximate surface area is 62.6 Å². The van der Waals surface area contributed by atoms with Crippen molar-refractivity contribution in [3.8, 4) is 0 Å². The van der Waals surface area contributed by atoms with Crippen LogP contribution in [0.1, 0.15) is 13.3 Å². The minimum atomic E-state index is -3.03. The SMILES string of the molecule is [B]C(CC)OCP(C)(=O)O. The third-order valence-electron chi connectivity index (χ3n) is 0.931. The number of hydrogen-bond acceptors (Lipinski definition) is 2. The van der Waals surface area contributed by atoms with Crippen molar-refractivity contribution in [3.05, 3.63) is 0 Å². The van der Waals surface area contributed by atoms with Gasteiger partial charge in [-0.25, -0.2) is 0 Å². The van der Waals surface area contributed by atoms with Crippen LogP contribution < -0.4 is 0 Å². The summed E-state index contributed by atoms with van der Waals surface area (Å²) in [5.74, 6) is 0. The van der Waals surface area contributed by atoms with Crippen molar-refractivity contribution in [1.82, 2.24) is 0 Å². The van der Waals surface area contributed by atoms with Gasteiger partial charge in [0.05, 0.1) is 0 Å². The average molecular weight is 162 g/mol. The lowest BCUT2D eigenvalue weighted by atomic mass is 9.98. The van der Waals surface area contributed by atoms with E-state index in [1.165, 1.54) is 6.66 Å². The van der Waals surface area contributed by atoms with E-state index >= 15 is 0 Å². The van der Waals surface area contributed by atoms with Gasteiger partial charge in [0, 0.05) is 12.7 Å². The summed E-state index contributed by atoms with van der Waals surface area (Å²) in [6.45, 7) is 3.10. The highest BCUT2D eigenvalue weighted by molar-refractivity contribution is 7.56. The van der Waals surface area contributed by atoms with Gasteiger partial charge in [-0.2, -0.15) is 0 Å². The molecular formula is C5H12BO3P. The van der Waals surface area contributed by atoms with Crippen LogP contribution >= 0.6 is 7.37 Å². The third kappa shape index (κ3) is 6.34. The van der Waals surface area contributed by atoms with E-state index in [4.69, 9.17) is 17.5 Å². The summed E-state index contributed by atoms with van der Waals surface area (Å²) >= 11 is 0. The molecule has 0 aliphatic carbocycles. The number of rotatable bonds is 4. The molecule has 5 heteroatoms. The lowest BCUT2D eigenvalue weighted by Crippen LogP contribution is -2.11. The Kier molecular flexibility index (Phi) is 4.26. The predicted molar refractivity (Wildman–Crippen MR) is 41.5 cm³/mol. The standard InChI is InChI=1S/C5H12BO3P/c1-3-5(6)9-4-10(2,7)8/h5H,3-4H2,1-2H3,(H,7,8). The first-order valence-corrected chi connectivity index (χ1v) is 5.41. The van der Waals surface area contributed by atoms with Crippen molar-refractivity contribution in [1.29, 1.82) is 0 Å². The summed E-state index contributed by atoms with van der Waals surface area (Å²) in [5.41, 5.74) is 0. The van der Waals surface area contributed by atoms with Crippen LogP contribution in [0.3, 0.4) is 0 Å². The van der Waals surface area contributed by atoms with Crippen LogP contribution in [0.5, 0.6) is 0 Å². The summed E-state index contributed by atoms with van der Waals surface area (Å²) in [6.07, 6.45) is 0.502. The molecule has 58 valence electrons. The number of hydrogen-bond donors (Lipinski definition) is 1. The molecule has 0 bridgehead atoms. The van der Waals surface area contributed by atoms with Gasteiger partial charge in [-0.15, -0.1) is 0 Å². The minimum absolute atomic E-state index is 0.151. The Bertz CT molecular complexity index is 133. The fourth-order valence-corrected chi connectivity index (χ4v) is 0.820. The summed E-state index contributed by atoms with van der Waals surface area (Å²) < 4.78 is 15.4. The van der Waals surface area contributed by atoms with Crippen LogP contribution in [0.2, 0.25) is 0 Å². The minimum Gasteiger partial charge on any atom is -0.378 e. The van der Waals surface area contributed by atoms with Gasteiger partial charge < -0.3 is 9.63 Å². The lowest BCUT2D eigenvalue weighted by molar-refractivity contribution is 0.137. The predicted octanol–water partition coefficient (Wildman–Crippen LogP) is 0.765. The number of ether oxygens (including phenoxy) is 1. The highest BCUT2D eigenvalue weighted by atomic mass is 31.2. The van der Waals surface area contributed by atoms with Crippen molar-refractivity contribution in [3.63, 3.8) is 0 Å². The topological polar surface area (TPSA) is 46.5 Å². The van der Waals surface area contributed by atoms with Gasteiger partial charge in [-0.1, -0.05) is 6.92 Å². The molecule has 10 heavy (non-hydrogen) atoms. The summed E-state index contributed by atoms with van der Waals surface area (Å²) in [5, 5.41) is 0. The van der Waals surface area contributed by atoms with E-state index in [-0.39, 0.29) is 6.35 Å². The highest BCUT2D eigenvalue weighted by Crippen LogP contribution is 2.34. The van der Waals surface area contributed by atoms with Crippen molar-refractivity contribution < 1.29 is 14.2 Å². The molecule has 0 fully saturated rings. The molecule has 2 radical (unpaired) electrons. The fourth-order valence-electron chi connectivity index (χ4n) is 0.352. The normalized spacial score (nSPS) is 19.9. The average Bonchev–Trinajstić information content (AvgIpc) is 1.81. The molecule has 0 saturated heterocycles. The smallest absolute Gasteiger partial charge is 0.222 e. The zero-order chi connectivity index (χ0) is 8.20. The van der Waals surface area contributed by atoms with Gasteiger partial charge in [-0.05, 0) is 6.42 Å². The maximum Gasteiger partial charge on any atom is 0.222 e. The Balaban J connectivity index is 3.46. The Morgan fingerprint density at radius 1 is 1.80 bits per heavy atom. The van der Waals surface area contributed by atoms with E-state index in [1.807, 2.05) is 6.92 Å². The molecule has 0 aliphatic heterocycles. The van der Waals surface area contributed by atoms with Crippen molar-refractivity contribution >= 4 is 15.2 Å². The molecular weight excluding hydrogens is 150 g/mol. The van der Waals surface area contributed by atoms with Crippen molar-refractivity contribution in [2.24, 2.45) is 0 Å². The van der Waals surface area contributed by atoms with Gasteiger partial charge >= 0.3 is 0 Å². The van der Waals surface area contributed by atoms with Crippen LogP contribution in [0.4, 0.5) is 0 Å². The van der Waals surface area contributed by atoms with Gasteiger partial charge in [0.15, 0.2) is 0 Å². The molecule has 0 heterocycles. The molecule has 0 aromatic heterocycles. The van der Waals surface area contributed by atoms with E-state index in [9.17, 15) is 4.57 Å². The molecule has 0 spiro atoms. The molecule has 0 aliphatic rings. The van der Waals surface area contributed by atoms with E-state index < -0.39 is 13.4 Å². The maximum atomic E-state index is 10.6. The van der Waals surface area contributed by atoms with Crippen LogP contribution in [-0.2, 0) is 9.30 Å². The first-order valence-electron chi connectivity index (χ1n) is 3.12. The third-order valence-corrected chi connectivity index (χ3v) is 1.56. The molecule has 2 unspecified atom stereocenters. The molecule has 0 saturated carbocycles. The first kappa shape index (κ1) is 10.2. The highest BCUT2D eigenvalue weighted by Gasteiger charge is 2.10.